The number of rotatable bonds is 5. The molecule has 0 heterocycles. The van der Waals surface area contributed by atoms with E-state index in [1.54, 1.807) is 0 Å². The largest absolute Gasteiger partial charge is 0.251 e. The fourth-order valence-corrected chi connectivity index (χ4v) is 5.14. The minimum atomic E-state index is -2.47. The van der Waals surface area contributed by atoms with Crippen molar-refractivity contribution in [3.05, 3.63) is 48.0 Å². The van der Waals surface area contributed by atoms with Gasteiger partial charge in [-0.2, -0.15) is 0 Å². The molecule has 3 rings (SSSR count). The number of alkyl halides is 2. The summed E-state index contributed by atoms with van der Waals surface area (Å²) in [6, 6.07) is 8.78. The van der Waals surface area contributed by atoms with Crippen LogP contribution in [0.15, 0.2) is 36.9 Å². The van der Waals surface area contributed by atoms with Crippen LogP contribution in [0, 0.1) is 24.7 Å². The first-order valence-corrected chi connectivity index (χ1v) is 10.0. The zero-order valence-electron chi connectivity index (χ0n) is 15.5. The average molecular weight is 347 g/mol. The highest BCUT2D eigenvalue weighted by Gasteiger charge is 2.48. The standard InChI is InChI=1S/C23H32F2/c1-3-4-5-18-8-15-22(23(24,25)16-18)21-13-11-20(12-14-21)19-9-6-17(2)7-10-19/h3,6-7,9-10,18,20-22H,1,4-5,8,11-16H2,2H3. The second kappa shape index (κ2) is 8.01. The molecular weight excluding hydrogens is 314 g/mol. The van der Waals surface area contributed by atoms with Crippen molar-refractivity contribution in [3.8, 4) is 0 Å². The van der Waals surface area contributed by atoms with Crippen LogP contribution >= 0.6 is 0 Å². The van der Waals surface area contributed by atoms with Crippen molar-refractivity contribution in [1.82, 2.24) is 0 Å². The number of allylic oxidation sites excluding steroid dienone is 1. The third-order valence-electron chi connectivity index (χ3n) is 6.66. The minimum Gasteiger partial charge on any atom is -0.207 e. The van der Waals surface area contributed by atoms with Crippen LogP contribution in [0.4, 0.5) is 8.78 Å². The van der Waals surface area contributed by atoms with E-state index in [0.29, 0.717) is 12.3 Å². The predicted octanol–water partition coefficient (Wildman–Crippen LogP) is 7.29. The number of hydrogen-bond donors (Lipinski definition) is 0. The molecule has 0 aliphatic heterocycles. The summed E-state index contributed by atoms with van der Waals surface area (Å²) in [6.07, 6.45) is 9.48. The van der Waals surface area contributed by atoms with Crippen molar-refractivity contribution < 1.29 is 8.78 Å². The second-order valence-electron chi connectivity index (χ2n) is 8.40. The molecule has 2 atom stereocenters. The normalized spacial score (nSPS) is 32.3. The Hall–Kier alpha value is -1.18. The Morgan fingerprint density at radius 1 is 1.04 bits per heavy atom. The topological polar surface area (TPSA) is 0 Å². The van der Waals surface area contributed by atoms with Gasteiger partial charge >= 0.3 is 0 Å². The van der Waals surface area contributed by atoms with E-state index in [9.17, 15) is 8.78 Å². The molecule has 0 spiro atoms. The van der Waals surface area contributed by atoms with Crippen molar-refractivity contribution in [1.29, 1.82) is 0 Å². The van der Waals surface area contributed by atoms with Gasteiger partial charge in [-0.25, -0.2) is 8.78 Å². The van der Waals surface area contributed by atoms with E-state index < -0.39 is 5.92 Å². The maximum Gasteiger partial charge on any atom is 0.251 e. The average Bonchev–Trinajstić information content (AvgIpc) is 2.60. The Morgan fingerprint density at radius 3 is 2.32 bits per heavy atom. The van der Waals surface area contributed by atoms with Crippen molar-refractivity contribution >= 4 is 0 Å². The summed E-state index contributed by atoms with van der Waals surface area (Å²) >= 11 is 0. The van der Waals surface area contributed by atoms with Crippen LogP contribution in [0.1, 0.15) is 74.8 Å². The summed E-state index contributed by atoms with van der Waals surface area (Å²) in [5, 5.41) is 0. The van der Waals surface area contributed by atoms with Crippen molar-refractivity contribution in [3.63, 3.8) is 0 Å². The molecule has 2 aliphatic carbocycles. The molecular formula is C23H32F2. The number of hydrogen-bond acceptors (Lipinski definition) is 0. The molecule has 2 unspecified atom stereocenters. The van der Waals surface area contributed by atoms with Gasteiger partial charge < -0.3 is 0 Å². The van der Waals surface area contributed by atoms with Crippen molar-refractivity contribution in [2.24, 2.45) is 17.8 Å². The van der Waals surface area contributed by atoms with E-state index in [0.717, 1.165) is 44.9 Å². The van der Waals surface area contributed by atoms with Gasteiger partial charge in [-0.15, -0.1) is 6.58 Å². The lowest BCUT2D eigenvalue weighted by Crippen LogP contribution is -2.41. The highest BCUT2D eigenvalue weighted by atomic mass is 19.3. The van der Waals surface area contributed by atoms with Gasteiger partial charge in [0.05, 0.1) is 0 Å². The second-order valence-corrected chi connectivity index (χ2v) is 8.40. The zero-order valence-corrected chi connectivity index (χ0v) is 15.5. The van der Waals surface area contributed by atoms with Gasteiger partial charge in [0, 0.05) is 12.3 Å². The zero-order chi connectivity index (χ0) is 17.9. The molecule has 0 bridgehead atoms. The molecule has 0 radical (unpaired) electrons. The van der Waals surface area contributed by atoms with Crippen LogP contribution in [-0.4, -0.2) is 5.92 Å². The summed E-state index contributed by atoms with van der Waals surface area (Å²) < 4.78 is 29.5. The molecule has 2 heteroatoms. The lowest BCUT2D eigenvalue weighted by atomic mass is 9.66. The molecule has 138 valence electrons. The third-order valence-corrected chi connectivity index (χ3v) is 6.66. The first-order valence-electron chi connectivity index (χ1n) is 10.0. The monoisotopic (exact) mass is 346 g/mol. The van der Waals surface area contributed by atoms with E-state index in [1.165, 1.54) is 11.1 Å². The predicted molar refractivity (Wildman–Crippen MR) is 101 cm³/mol. The molecule has 1 aromatic rings. The number of benzene rings is 1. The summed E-state index contributed by atoms with van der Waals surface area (Å²) in [7, 11) is 0. The fourth-order valence-electron chi connectivity index (χ4n) is 5.14. The Morgan fingerprint density at radius 2 is 1.72 bits per heavy atom. The molecule has 25 heavy (non-hydrogen) atoms. The lowest BCUT2D eigenvalue weighted by Gasteiger charge is -2.42. The molecule has 0 N–H and O–H groups in total. The van der Waals surface area contributed by atoms with Gasteiger partial charge in [0.2, 0.25) is 0 Å². The Balaban J connectivity index is 1.55. The smallest absolute Gasteiger partial charge is 0.207 e. The highest BCUT2D eigenvalue weighted by Crippen LogP contribution is 2.50. The van der Waals surface area contributed by atoms with E-state index >= 15 is 0 Å². The summed E-state index contributed by atoms with van der Waals surface area (Å²) in [6.45, 7) is 5.82. The molecule has 2 fully saturated rings. The highest BCUT2D eigenvalue weighted by molar-refractivity contribution is 5.24. The summed E-state index contributed by atoms with van der Waals surface area (Å²) in [4.78, 5) is 0. The molecule has 0 aromatic heterocycles. The number of aryl methyl sites for hydroxylation is 1. The van der Waals surface area contributed by atoms with Gasteiger partial charge in [0.15, 0.2) is 0 Å². The number of halogens is 2. The van der Waals surface area contributed by atoms with Gasteiger partial charge in [0.1, 0.15) is 0 Å². The van der Waals surface area contributed by atoms with Crippen molar-refractivity contribution in [2.45, 2.75) is 76.6 Å². The van der Waals surface area contributed by atoms with Crippen LogP contribution in [-0.2, 0) is 0 Å². The van der Waals surface area contributed by atoms with Crippen LogP contribution in [0.2, 0.25) is 0 Å². The maximum atomic E-state index is 14.8. The van der Waals surface area contributed by atoms with Crippen LogP contribution in [0.3, 0.4) is 0 Å². The maximum absolute atomic E-state index is 14.8. The molecule has 2 saturated carbocycles. The van der Waals surface area contributed by atoms with E-state index in [1.807, 2.05) is 6.08 Å². The first-order chi connectivity index (χ1) is 12.0. The lowest BCUT2D eigenvalue weighted by molar-refractivity contribution is -0.127. The molecule has 0 amide bonds. The molecule has 2 aliphatic rings. The Kier molecular flexibility index (Phi) is 5.96. The quantitative estimate of drug-likeness (QED) is 0.491. The SMILES string of the molecule is C=CCCC1CCC(C2CCC(c3ccc(C)cc3)CC2)C(F)(F)C1. The molecule has 1 aromatic carbocycles. The van der Waals surface area contributed by atoms with Crippen LogP contribution < -0.4 is 0 Å². The van der Waals surface area contributed by atoms with E-state index in [2.05, 4.69) is 37.8 Å². The van der Waals surface area contributed by atoms with E-state index in [-0.39, 0.29) is 24.2 Å². The Labute approximate surface area is 151 Å². The fraction of sp³-hybridized carbons (Fsp3) is 0.652. The van der Waals surface area contributed by atoms with Crippen molar-refractivity contribution in [2.75, 3.05) is 0 Å². The van der Waals surface area contributed by atoms with Crippen LogP contribution in [0.25, 0.3) is 0 Å². The third kappa shape index (κ3) is 4.51. The minimum absolute atomic E-state index is 0.101. The van der Waals surface area contributed by atoms with Gasteiger partial charge in [0.25, 0.3) is 5.92 Å². The first kappa shape index (κ1) is 18.6. The molecule has 0 nitrogen and oxygen atoms in total. The summed E-state index contributed by atoms with van der Waals surface area (Å²) in [5.41, 5.74) is 2.68. The summed E-state index contributed by atoms with van der Waals surface area (Å²) in [5.74, 6) is -1.88. The van der Waals surface area contributed by atoms with Gasteiger partial charge in [-0.05, 0) is 81.6 Å². The van der Waals surface area contributed by atoms with Gasteiger partial charge in [-0.1, -0.05) is 35.9 Å². The van der Waals surface area contributed by atoms with E-state index in [4.69, 9.17) is 0 Å². The van der Waals surface area contributed by atoms with Gasteiger partial charge in [-0.3, -0.25) is 0 Å². The molecule has 0 saturated heterocycles. The Bertz CT molecular complexity index is 552. The van der Waals surface area contributed by atoms with Crippen LogP contribution in [0.5, 0.6) is 0 Å².